The van der Waals surface area contributed by atoms with Crippen LogP contribution in [0.2, 0.25) is 0 Å². The largest absolute Gasteiger partial charge is 0.379 e. The molecule has 2 fully saturated rings. The van der Waals surface area contributed by atoms with E-state index in [-0.39, 0.29) is 18.1 Å². The molecule has 1 amide bonds. The van der Waals surface area contributed by atoms with E-state index in [0.29, 0.717) is 24.7 Å². The number of amides is 1. The quantitative estimate of drug-likeness (QED) is 0.826. The minimum atomic E-state index is 0.137. The molecule has 1 N–H and O–H groups in total. The molecule has 2 aromatic rings. The van der Waals surface area contributed by atoms with E-state index in [4.69, 9.17) is 4.74 Å². The van der Waals surface area contributed by atoms with Crippen LogP contribution in [0.15, 0.2) is 43.0 Å². The first-order valence-electron chi connectivity index (χ1n) is 9.96. The molecule has 7 heteroatoms. The number of fused-ring (bicyclic) bond motifs is 1. The molecule has 0 spiro atoms. The van der Waals surface area contributed by atoms with Gasteiger partial charge in [-0.1, -0.05) is 6.07 Å². The van der Waals surface area contributed by atoms with Gasteiger partial charge in [0.15, 0.2) is 0 Å². The third kappa shape index (κ3) is 4.30. The lowest BCUT2D eigenvalue weighted by atomic mass is 9.77. The SMILES string of the molecule is CO[C@@H]1C[C@H]2CN(C(=O)CCc3cnccn3)C[C@H]2C[C@H]1Nc1ccccn1. The Morgan fingerprint density at radius 3 is 2.75 bits per heavy atom. The van der Waals surface area contributed by atoms with E-state index >= 15 is 0 Å². The first-order chi connectivity index (χ1) is 13.7. The lowest BCUT2D eigenvalue weighted by Gasteiger charge is -2.37. The van der Waals surface area contributed by atoms with Crippen molar-refractivity contribution in [3.63, 3.8) is 0 Å². The molecule has 28 heavy (non-hydrogen) atoms. The van der Waals surface area contributed by atoms with E-state index in [1.165, 1.54) is 0 Å². The highest BCUT2D eigenvalue weighted by Gasteiger charge is 2.43. The molecule has 0 aromatic carbocycles. The van der Waals surface area contributed by atoms with E-state index in [2.05, 4.69) is 20.3 Å². The van der Waals surface area contributed by atoms with Gasteiger partial charge in [0.1, 0.15) is 5.82 Å². The van der Waals surface area contributed by atoms with Crippen LogP contribution in [-0.2, 0) is 16.0 Å². The molecule has 7 nitrogen and oxygen atoms in total. The molecule has 2 aliphatic rings. The van der Waals surface area contributed by atoms with Crippen molar-refractivity contribution in [2.24, 2.45) is 11.8 Å². The fourth-order valence-electron chi connectivity index (χ4n) is 4.52. The molecule has 3 heterocycles. The summed E-state index contributed by atoms with van der Waals surface area (Å²) in [5.74, 6) is 2.10. The lowest BCUT2D eigenvalue weighted by molar-refractivity contribution is -0.130. The van der Waals surface area contributed by atoms with Crippen LogP contribution < -0.4 is 5.32 Å². The van der Waals surface area contributed by atoms with E-state index in [0.717, 1.165) is 37.4 Å². The number of aromatic nitrogens is 3. The van der Waals surface area contributed by atoms with Gasteiger partial charge in [0.25, 0.3) is 0 Å². The van der Waals surface area contributed by atoms with Gasteiger partial charge in [-0.25, -0.2) is 4.98 Å². The van der Waals surface area contributed by atoms with Crippen molar-refractivity contribution in [3.8, 4) is 0 Å². The Hall–Kier alpha value is -2.54. The average molecular weight is 381 g/mol. The molecular weight excluding hydrogens is 354 g/mol. The summed E-state index contributed by atoms with van der Waals surface area (Å²) in [4.78, 5) is 27.4. The number of ether oxygens (including phenoxy) is 1. The van der Waals surface area contributed by atoms with E-state index < -0.39 is 0 Å². The van der Waals surface area contributed by atoms with Crippen molar-refractivity contribution in [1.82, 2.24) is 19.9 Å². The van der Waals surface area contributed by atoms with Crippen LogP contribution in [0.25, 0.3) is 0 Å². The molecular formula is C21H27N5O2. The van der Waals surface area contributed by atoms with Gasteiger partial charge in [-0.3, -0.25) is 14.8 Å². The van der Waals surface area contributed by atoms with Gasteiger partial charge in [-0.05, 0) is 43.2 Å². The van der Waals surface area contributed by atoms with Crippen molar-refractivity contribution in [1.29, 1.82) is 0 Å². The van der Waals surface area contributed by atoms with Crippen molar-refractivity contribution in [2.75, 3.05) is 25.5 Å². The van der Waals surface area contributed by atoms with Crippen molar-refractivity contribution in [2.45, 2.75) is 37.8 Å². The summed E-state index contributed by atoms with van der Waals surface area (Å²) in [6, 6.07) is 6.10. The zero-order valence-corrected chi connectivity index (χ0v) is 16.2. The fraction of sp³-hybridized carbons (Fsp3) is 0.524. The van der Waals surface area contributed by atoms with Gasteiger partial charge in [0, 0.05) is 51.4 Å². The minimum Gasteiger partial charge on any atom is -0.379 e. The molecule has 0 unspecified atom stereocenters. The van der Waals surface area contributed by atoms with Crippen LogP contribution in [0, 0.1) is 11.8 Å². The summed E-state index contributed by atoms with van der Waals surface area (Å²) in [5, 5.41) is 3.53. The second-order valence-electron chi connectivity index (χ2n) is 7.73. The normalized spacial score (nSPS) is 26.7. The summed E-state index contributed by atoms with van der Waals surface area (Å²) >= 11 is 0. The van der Waals surface area contributed by atoms with Crippen LogP contribution in [0.1, 0.15) is 25.0 Å². The Bertz CT molecular complexity index is 773. The summed E-state index contributed by atoms with van der Waals surface area (Å²) in [6.45, 7) is 1.67. The van der Waals surface area contributed by atoms with E-state index in [9.17, 15) is 4.79 Å². The number of nitrogens with one attached hydrogen (secondary N) is 1. The molecule has 1 aliphatic heterocycles. The highest BCUT2D eigenvalue weighted by molar-refractivity contribution is 5.76. The number of rotatable bonds is 6. The zero-order valence-electron chi connectivity index (χ0n) is 16.2. The topological polar surface area (TPSA) is 80.2 Å². The first kappa shape index (κ1) is 18.8. The standard InChI is InChI=1S/C21H27N5O2/c1-28-19-11-16-14-26(21(27)6-5-17-12-22-8-9-23-17)13-15(16)10-18(19)25-20-4-2-3-7-24-20/h2-4,7-9,12,15-16,18-19H,5-6,10-11,13-14H2,1H3,(H,24,25)/t15-,16+,18-,19-/m1/s1. The molecule has 1 saturated carbocycles. The maximum Gasteiger partial charge on any atom is 0.222 e. The summed E-state index contributed by atoms with van der Waals surface area (Å²) in [7, 11) is 1.77. The fourth-order valence-corrected chi connectivity index (χ4v) is 4.52. The monoisotopic (exact) mass is 381 g/mol. The molecule has 1 aliphatic carbocycles. The number of hydrogen-bond donors (Lipinski definition) is 1. The molecule has 4 atom stereocenters. The maximum atomic E-state index is 12.7. The number of hydrogen-bond acceptors (Lipinski definition) is 6. The second-order valence-corrected chi connectivity index (χ2v) is 7.73. The Labute approximate surface area is 165 Å². The van der Waals surface area contributed by atoms with Gasteiger partial charge in [-0.2, -0.15) is 0 Å². The zero-order chi connectivity index (χ0) is 19.3. The Kier molecular flexibility index (Phi) is 5.81. The smallest absolute Gasteiger partial charge is 0.222 e. The Balaban J connectivity index is 1.34. The average Bonchev–Trinajstić information content (AvgIpc) is 3.16. The number of pyridine rings is 1. The predicted octanol–water partition coefficient (Wildman–Crippen LogP) is 2.17. The third-order valence-electron chi connectivity index (χ3n) is 5.98. The number of aryl methyl sites for hydroxylation is 1. The number of likely N-dealkylation sites (tertiary alicyclic amines) is 1. The Morgan fingerprint density at radius 1 is 1.18 bits per heavy atom. The minimum absolute atomic E-state index is 0.137. The Morgan fingerprint density at radius 2 is 2.04 bits per heavy atom. The summed E-state index contributed by atoms with van der Waals surface area (Å²) in [6.07, 6.45) is 10.1. The van der Waals surface area contributed by atoms with Crippen LogP contribution in [0.5, 0.6) is 0 Å². The number of anilines is 1. The van der Waals surface area contributed by atoms with Gasteiger partial charge < -0.3 is 15.0 Å². The van der Waals surface area contributed by atoms with Gasteiger partial charge in [0.05, 0.1) is 17.8 Å². The maximum absolute atomic E-state index is 12.7. The molecule has 0 bridgehead atoms. The van der Waals surface area contributed by atoms with Crippen LogP contribution >= 0.6 is 0 Å². The molecule has 4 rings (SSSR count). The molecule has 0 radical (unpaired) electrons. The summed E-state index contributed by atoms with van der Waals surface area (Å²) in [5.41, 5.74) is 0.867. The van der Waals surface area contributed by atoms with Gasteiger partial charge >= 0.3 is 0 Å². The van der Waals surface area contributed by atoms with Crippen LogP contribution in [0.4, 0.5) is 5.82 Å². The van der Waals surface area contributed by atoms with Gasteiger partial charge in [0.2, 0.25) is 5.91 Å². The van der Waals surface area contributed by atoms with Crippen LogP contribution in [0.3, 0.4) is 0 Å². The molecule has 1 saturated heterocycles. The molecule has 148 valence electrons. The number of nitrogens with zero attached hydrogens (tertiary/aromatic N) is 4. The highest BCUT2D eigenvalue weighted by atomic mass is 16.5. The predicted molar refractivity (Wildman–Crippen MR) is 106 cm³/mol. The van der Waals surface area contributed by atoms with E-state index in [1.54, 1.807) is 31.9 Å². The number of carbonyl (C=O) groups is 1. The van der Waals surface area contributed by atoms with Crippen molar-refractivity contribution >= 4 is 11.7 Å². The van der Waals surface area contributed by atoms with Crippen molar-refractivity contribution in [3.05, 3.63) is 48.7 Å². The first-order valence-corrected chi connectivity index (χ1v) is 9.96. The number of carbonyl (C=O) groups excluding carboxylic acids is 1. The second kappa shape index (κ2) is 8.65. The number of methoxy groups -OCH3 is 1. The highest BCUT2D eigenvalue weighted by Crippen LogP contribution is 2.38. The van der Waals surface area contributed by atoms with E-state index in [1.807, 2.05) is 23.1 Å². The van der Waals surface area contributed by atoms with Gasteiger partial charge in [-0.15, -0.1) is 0 Å². The molecule has 2 aromatic heterocycles. The van der Waals surface area contributed by atoms with Crippen LogP contribution in [-0.4, -0.2) is 58.1 Å². The van der Waals surface area contributed by atoms with Crippen molar-refractivity contribution < 1.29 is 9.53 Å². The lowest BCUT2D eigenvalue weighted by Crippen LogP contribution is -2.44. The third-order valence-corrected chi connectivity index (χ3v) is 5.98. The summed E-state index contributed by atoms with van der Waals surface area (Å²) < 4.78 is 5.78.